The Hall–Kier alpha value is -2.93. The summed E-state index contributed by atoms with van der Waals surface area (Å²) in [7, 11) is -0.424. The molecule has 0 bridgehead atoms. The van der Waals surface area contributed by atoms with Crippen molar-refractivity contribution in [2.24, 2.45) is 0 Å². The van der Waals surface area contributed by atoms with Gasteiger partial charge in [-0.25, -0.2) is 4.79 Å². The zero-order valence-electron chi connectivity index (χ0n) is 27.5. The van der Waals surface area contributed by atoms with Gasteiger partial charge in [0.1, 0.15) is 23.7 Å². The number of amides is 4. The van der Waals surface area contributed by atoms with E-state index in [0.717, 1.165) is 34.0 Å². The van der Waals surface area contributed by atoms with Gasteiger partial charge in [0.2, 0.25) is 17.7 Å². The molecule has 0 unspecified atom stereocenters. The fourth-order valence-corrected chi connectivity index (χ4v) is 9.36. The van der Waals surface area contributed by atoms with Crippen molar-refractivity contribution in [2.75, 3.05) is 13.2 Å². The second-order valence-corrected chi connectivity index (χ2v) is 20.5. The summed E-state index contributed by atoms with van der Waals surface area (Å²) in [5, 5.41) is 6.22. The maximum absolute atomic E-state index is 14.4. The van der Waals surface area contributed by atoms with Crippen molar-refractivity contribution >= 4 is 54.5 Å². The van der Waals surface area contributed by atoms with E-state index in [9.17, 15) is 19.2 Å². The molecule has 45 heavy (non-hydrogen) atoms. The van der Waals surface area contributed by atoms with E-state index in [4.69, 9.17) is 4.74 Å². The molecule has 1 heterocycles. The predicted octanol–water partition coefficient (Wildman–Crippen LogP) is 5.23. The predicted molar refractivity (Wildman–Crippen MR) is 186 cm³/mol. The van der Waals surface area contributed by atoms with E-state index in [-0.39, 0.29) is 24.3 Å². The van der Waals surface area contributed by atoms with Crippen LogP contribution in [0, 0.1) is 3.57 Å². The van der Waals surface area contributed by atoms with Gasteiger partial charge in [-0.1, -0.05) is 49.5 Å². The number of nitrogens with zero attached hydrogens (tertiary/aromatic N) is 2. The first-order valence-corrected chi connectivity index (χ1v) is 20.2. The Kier molecular flexibility index (Phi) is 11.0. The molecule has 1 aliphatic carbocycles. The molecule has 2 N–H and O–H groups in total. The zero-order chi connectivity index (χ0) is 33.1. The third-order valence-corrected chi connectivity index (χ3v) is 12.0. The van der Waals surface area contributed by atoms with Crippen molar-refractivity contribution in [2.45, 2.75) is 102 Å². The second-order valence-electron chi connectivity index (χ2n) is 14.2. The first kappa shape index (κ1) is 34.9. The number of benzene rings is 2. The number of hydrogen-bond acceptors (Lipinski definition) is 5. The minimum Gasteiger partial charge on any atom is -0.444 e. The summed E-state index contributed by atoms with van der Waals surface area (Å²) in [6, 6.07) is 14.2. The van der Waals surface area contributed by atoms with E-state index in [1.807, 2.05) is 36.4 Å². The fourth-order valence-electron chi connectivity index (χ4n) is 6.12. The summed E-state index contributed by atoms with van der Waals surface area (Å²) >= 11 is 2.23. The van der Waals surface area contributed by atoms with Gasteiger partial charge in [0.25, 0.3) is 0 Å². The van der Waals surface area contributed by atoms with Crippen molar-refractivity contribution in [1.82, 2.24) is 20.4 Å². The standard InChI is InChI=1S/C34H47IN4O5Si/c1-22(38(5)33(43)44-34(2,3)4)30(40)37-28(19-23-15-17-25(35)18-16-23)32(42)39-21-45(6,7)20-29(39)31(41)36-27-14-10-12-24-11-8-9-13-26(24)27/h8-9,11,13,15-18,22,27-29H,10,12,14,19-21H2,1-7H3,(H,36,41)(H,37,40)/t22-,27+,28-,29-/m0/s1. The number of aryl methyl sites for hydroxylation is 1. The number of carbonyl (C=O) groups is 4. The highest BCUT2D eigenvalue weighted by molar-refractivity contribution is 14.1. The van der Waals surface area contributed by atoms with Crippen molar-refractivity contribution in [3.05, 3.63) is 68.8 Å². The molecular formula is C34H47IN4O5Si. The Morgan fingerprint density at radius 2 is 1.76 bits per heavy atom. The molecule has 2 aliphatic rings. The van der Waals surface area contributed by atoms with E-state index in [2.05, 4.69) is 58.5 Å². The van der Waals surface area contributed by atoms with Crippen molar-refractivity contribution < 1.29 is 23.9 Å². The molecule has 1 saturated heterocycles. The first-order valence-electron chi connectivity index (χ1n) is 15.7. The molecule has 0 spiro atoms. The molecule has 0 aromatic heterocycles. The van der Waals surface area contributed by atoms with Gasteiger partial charge < -0.3 is 20.3 Å². The molecule has 0 radical (unpaired) electrons. The highest BCUT2D eigenvalue weighted by Gasteiger charge is 2.47. The van der Waals surface area contributed by atoms with Gasteiger partial charge in [-0.15, -0.1) is 0 Å². The van der Waals surface area contributed by atoms with Gasteiger partial charge in [0.05, 0.1) is 14.1 Å². The molecule has 11 heteroatoms. The van der Waals surface area contributed by atoms with Gasteiger partial charge in [0.15, 0.2) is 0 Å². The molecule has 4 rings (SSSR count). The fraction of sp³-hybridized carbons (Fsp3) is 0.529. The van der Waals surface area contributed by atoms with Crippen LogP contribution in [0.25, 0.3) is 0 Å². The summed E-state index contributed by atoms with van der Waals surface area (Å²) in [5.74, 6) is -0.889. The van der Waals surface area contributed by atoms with Gasteiger partial charge >= 0.3 is 6.09 Å². The lowest BCUT2D eigenvalue weighted by Crippen LogP contribution is -2.57. The van der Waals surface area contributed by atoms with E-state index in [1.165, 1.54) is 17.5 Å². The minimum absolute atomic E-state index is 0.0867. The minimum atomic E-state index is -1.93. The van der Waals surface area contributed by atoms with E-state index in [1.54, 1.807) is 32.6 Å². The van der Waals surface area contributed by atoms with E-state index < -0.39 is 43.8 Å². The average molecular weight is 747 g/mol. The van der Waals surface area contributed by atoms with Crippen LogP contribution in [0.2, 0.25) is 19.1 Å². The maximum Gasteiger partial charge on any atom is 0.410 e. The van der Waals surface area contributed by atoms with Crippen molar-refractivity contribution in [3.8, 4) is 0 Å². The molecule has 4 atom stereocenters. The Bertz CT molecular complexity index is 1410. The molecule has 9 nitrogen and oxygen atoms in total. The zero-order valence-corrected chi connectivity index (χ0v) is 30.6. The van der Waals surface area contributed by atoms with Gasteiger partial charge in [0, 0.05) is 23.2 Å². The molecule has 2 aromatic rings. The largest absolute Gasteiger partial charge is 0.444 e. The second kappa shape index (κ2) is 14.2. The van der Waals surface area contributed by atoms with Gasteiger partial charge in [-0.2, -0.15) is 0 Å². The summed E-state index contributed by atoms with van der Waals surface area (Å²) in [5.41, 5.74) is 2.58. The lowest BCUT2D eigenvalue weighted by molar-refractivity contribution is -0.141. The molecule has 1 fully saturated rings. The Morgan fingerprint density at radius 1 is 1.09 bits per heavy atom. The summed E-state index contributed by atoms with van der Waals surface area (Å²) < 4.78 is 6.51. The van der Waals surface area contributed by atoms with E-state index >= 15 is 0 Å². The van der Waals surface area contributed by atoms with Crippen LogP contribution in [0.1, 0.15) is 63.3 Å². The van der Waals surface area contributed by atoms with Crippen LogP contribution in [0.3, 0.4) is 0 Å². The highest BCUT2D eigenvalue weighted by Crippen LogP contribution is 2.32. The topological polar surface area (TPSA) is 108 Å². The Balaban J connectivity index is 1.56. The molecule has 4 amide bonds. The number of halogens is 1. The van der Waals surface area contributed by atoms with Crippen LogP contribution in [-0.2, 0) is 32.0 Å². The Morgan fingerprint density at radius 3 is 2.42 bits per heavy atom. The number of hydrogen-bond donors (Lipinski definition) is 2. The van der Waals surface area contributed by atoms with Gasteiger partial charge in [-0.05, 0) is 104 Å². The van der Waals surface area contributed by atoms with Crippen LogP contribution in [0.5, 0.6) is 0 Å². The summed E-state index contributed by atoms with van der Waals surface area (Å²) in [4.78, 5) is 57.5. The monoisotopic (exact) mass is 746 g/mol. The van der Waals surface area contributed by atoms with Crippen molar-refractivity contribution in [3.63, 3.8) is 0 Å². The Labute approximate surface area is 282 Å². The number of carbonyl (C=O) groups excluding carboxylic acids is 4. The molecule has 1 aliphatic heterocycles. The molecule has 0 saturated carbocycles. The first-order chi connectivity index (χ1) is 21.0. The number of ether oxygens (including phenoxy) is 1. The number of nitrogens with one attached hydrogen (secondary N) is 2. The molecule has 244 valence electrons. The molecular weight excluding hydrogens is 699 g/mol. The normalized spacial score (nSPS) is 20.4. The SMILES string of the molecule is C[C@@H](C(=O)N[C@@H](Cc1ccc(I)cc1)C(=O)N1C[Si](C)(C)C[C@H]1C(=O)N[C@@H]1CCCc2ccccc21)N(C)C(=O)OC(C)(C)C. The van der Waals surface area contributed by atoms with Crippen LogP contribution in [0.4, 0.5) is 4.79 Å². The summed E-state index contributed by atoms with van der Waals surface area (Å²) in [6.45, 7) is 11.3. The lowest BCUT2D eigenvalue weighted by atomic mass is 9.87. The van der Waals surface area contributed by atoms with Gasteiger partial charge in [-0.3, -0.25) is 19.3 Å². The maximum atomic E-state index is 14.4. The number of likely N-dealkylation sites (N-methyl/N-ethyl adjacent to an activating group) is 1. The smallest absolute Gasteiger partial charge is 0.410 e. The number of fused-ring (bicyclic) bond motifs is 1. The van der Waals surface area contributed by atoms with Crippen LogP contribution >= 0.6 is 22.6 Å². The lowest BCUT2D eigenvalue weighted by Gasteiger charge is -2.33. The van der Waals surface area contributed by atoms with Crippen molar-refractivity contribution in [1.29, 1.82) is 0 Å². The van der Waals surface area contributed by atoms with Crippen LogP contribution in [0.15, 0.2) is 48.5 Å². The summed E-state index contributed by atoms with van der Waals surface area (Å²) in [6.07, 6.45) is 3.01. The highest BCUT2D eigenvalue weighted by atomic mass is 127. The van der Waals surface area contributed by atoms with E-state index in [0.29, 0.717) is 12.2 Å². The average Bonchev–Trinajstić information content (AvgIpc) is 3.31. The molecule has 2 aromatic carbocycles. The third-order valence-electron chi connectivity index (χ3n) is 8.60. The van der Waals surface area contributed by atoms with Crippen LogP contribution < -0.4 is 10.6 Å². The number of rotatable bonds is 8. The third kappa shape index (κ3) is 9.08. The quantitative estimate of drug-likeness (QED) is 0.285. The van der Waals surface area contributed by atoms with Crippen LogP contribution in [-0.4, -0.2) is 78.6 Å².